The first kappa shape index (κ1) is 13.2. The number of rotatable bonds is 4. The van der Waals surface area contributed by atoms with Crippen LogP contribution in [0.25, 0.3) is 0 Å². The number of thiocarbonyl (C=S) groups is 1. The van der Waals surface area contributed by atoms with Gasteiger partial charge in [-0.25, -0.2) is 4.39 Å². The fraction of sp³-hybridized carbons (Fsp3) is 0.462. The average molecular weight is 268 g/mol. The maximum absolute atomic E-state index is 13.3. The molecular formula is C13H17FN2OS. The minimum absolute atomic E-state index is 0.216. The van der Waals surface area contributed by atoms with Gasteiger partial charge in [-0.1, -0.05) is 18.2 Å². The Morgan fingerprint density at radius 3 is 2.94 bits per heavy atom. The molecule has 0 aliphatic carbocycles. The molecule has 1 heterocycles. The van der Waals surface area contributed by atoms with Crippen molar-refractivity contribution >= 4 is 17.3 Å². The van der Waals surface area contributed by atoms with E-state index in [0.717, 1.165) is 19.4 Å². The van der Waals surface area contributed by atoms with Crippen LogP contribution in [0.5, 0.6) is 0 Å². The summed E-state index contributed by atoms with van der Waals surface area (Å²) in [6.07, 6.45) is 2.43. The normalized spacial score (nSPS) is 18.6. The van der Waals surface area contributed by atoms with Crippen LogP contribution in [0, 0.1) is 5.82 Å². The van der Waals surface area contributed by atoms with Crippen LogP contribution in [0.4, 0.5) is 4.39 Å². The highest BCUT2D eigenvalue weighted by molar-refractivity contribution is 7.80. The summed E-state index contributed by atoms with van der Waals surface area (Å²) in [5.41, 5.74) is 0.610. The van der Waals surface area contributed by atoms with E-state index in [2.05, 4.69) is 10.6 Å². The van der Waals surface area contributed by atoms with Crippen LogP contribution in [0.3, 0.4) is 0 Å². The van der Waals surface area contributed by atoms with Gasteiger partial charge in [-0.2, -0.15) is 0 Å². The van der Waals surface area contributed by atoms with Crippen molar-refractivity contribution in [1.29, 1.82) is 0 Å². The molecule has 1 saturated heterocycles. The minimum Gasteiger partial charge on any atom is -0.376 e. The fourth-order valence-electron chi connectivity index (χ4n) is 1.89. The van der Waals surface area contributed by atoms with Crippen LogP contribution in [0.15, 0.2) is 24.3 Å². The number of nitrogens with one attached hydrogen (secondary N) is 2. The predicted octanol–water partition coefficient (Wildman–Crippen LogP) is 1.97. The summed E-state index contributed by atoms with van der Waals surface area (Å²) in [4.78, 5) is 0. The van der Waals surface area contributed by atoms with Gasteiger partial charge in [0.2, 0.25) is 0 Å². The van der Waals surface area contributed by atoms with Gasteiger partial charge in [0.25, 0.3) is 0 Å². The first-order valence-electron chi connectivity index (χ1n) is 6.12. The highest BCUT2D eigenvalue weighted by atomic mass is 32.1. The lowest BCUT2D eigenvalue weighted by Crippen LogP contribution is -2.39. The Labute approximate surface area is 112 Å². The van der Waals surface area contributed by atoms with E-state index >= 15 is 0 Å². The highest BCUT2D eigenvalue weighted by Crippen LogP contribution is 2.10. The quantitative estimate of drug-likeness (QED) is 0.818. The molecule has 1 aliphatic rings. The highest BCUT2D eigenvalue weighted by Gasteiger charge is 2.15. The molecule has 0 amide bonds. The molecule has 0 radical (unpaired) electrons. The van der Waals surface area contributed by atoms with Crippen LogP contribution in [-0.2, 0) is 11.3 Å². The number of ether oxygens (including phenoxy) is 1. The molecule has 18 heavy (non-hydrogen) atoms. The molecule has 0 unspecified atom stereocenters. The van der Waals surface area contributed by atoms with Crippen molar-refractivity contribution in [3.63, 3.8) is 0 Å². The number of hydrogen-bond acceptors (Lipinski definition) is 2. The summed E-state index contributed by atoms with van der Waals surface area (Å²) >= 11 is 5.13. The lowest BCUT2D eigenvalue weighted by Gasteiger charge is -2.14. The zero-order valence-electron chi connectivity index (χ0n) is 10.1. The van der Waals surface area contributed by atoms with Crippen molar-refractivity contribution in [2.45, 2.75) is 25.5 Å². The summed E-state index contributed by atoms with van der Waals surface area (Å²) in [7, 11) is 0. The van der Waals surface area contributed by atoms with Gasteiger partial charge in [0.05, 0.1) is 6.10 Å². The van der Waals surface area contributed by atoms with Crippen LogP contribution < -0.4 is 10.6 Å². The summed E-state index contributed by atoms with van der Waals surface area (Å²) in [6.45, 7) is 1.94. The van der Waals surface area contributed by atoms with Gasteiger partial charge in [0.15, 0.2) is 5.11 Å². The van der Waals surface area contributed by atoms with E-state index < -0.39 is 0 Å². The molecule has 1 aromatic rings. The molecule has 5 heteroatoms. The Hall–Kier alpha value is -1.20. The first-order chi connectivity index (χ1) is 8.75. The summed E-state index contributed by atoms with van der Waals surface area (Å²) in [5.74, 6) is -0.216. The van der Waals surface area contributed by atoms with Gasteiger partial charge >= 0.3 is 0 Å². The maximum atomic E-state index is 13.3. The van der Waals surface area contributed by atoms with E-state index in [1.54, 1.807) is 12.1 Å². The monoisotopic (exact) mass is 268 g/mol. The smallest absolute Gasteiger partial charge is 0.166 e. The van der Waals surface area contributed by atoms with Crippen molar-refractivity contribution in [2.75, 3.05) is 13.2 Å². The topological polar surface area (TPSA) is 33.3 Å². The Kier molecular flexibility index (Phi) is 4.90. The summed E-state index contributed by atoms with van der Waals surface area (Å²) < 4.78 is 18.8. The van der Waals surface area contributed by atoms with Crippen molar-refractivity contribution in [3.8, 4) is 0 Å². The maximum Gasteiger partial charge on any atom is 0.166 e. The van der Waals surface area contributed by atoms with E-state index in [9.17, 15) is 4.39 Å². The van der Waals surface area contributed by atoms with E-state index in [1.807, 2.05) is 6.07 Å². The molecule has 0 spiro atoms. The number of benzene rings is 1. The molecule has 2 N–H and O–H groups in total. The van der Waals surface area contributed by atoms with Crippen molar-refractivity contribution in [1.82, 2.24) is 10.6 Å². The van der Waals surface area contributed by atoms with Gasteiger partial charge in [-0.3, -0.25) is 0 Å². The first-order valence-corrected chi connectivity index (χ1v) is 6.53. The third-order valence-corrected chi connectivity index (χ3v) is 3.20. The largest absolute Gasteiger partial charge is 0.376 e. The Balaban J connectivity index is 1.69. The van der Waals surface area contributed by atoms with Crippen LogP contribution >= 0.6 is 12.2 Å². The van der Waals surface area contributed by atoms with Gasteiger partial charge in [0.1, 0.15) is 5.82 Å². The van der Waals surface area contributed by atoms with Gasteiger partial charge in [-0.15, -0.1) is 0 Å². The molecule has 2 rings (SSSR count). The van der Waals surface area contributed by atoms with Crippen LogP contribution in [0.2, 0.25) is 0 Å². The second-order valence-electron chi connectivity index (χ2n) is 4.29. The lowest BCUT2D eigenvalue weighted by atomic mass is 10.2. The Morgan fingerprint density at radius 2 is 2.22 bits per heavy atom. The van der Waals surface area contributed by atoms with Gasteiger partial charge < -0.3 is 15.4 Å². The third kappa shape index (κ3) is 3.92. The third-order valence-electron chi connectivity index (χ3n) is 2.91. The van der Waals surface area contributed by atoms with Crippen molar-refractivity contribution in [2.24, 2.45) is 0 Å². The lowest BCUT2D eigenvalue weighted by molar-refractivity contribution is 0.114. The van der Waals surface area contributed by atoms with Gasteiger partial charge in [-0.05, 0) is 31.1 Å². The Morgan fingerprint density at radius 1 is 1.39 bits per heavy atom. The zero-order valence-corrected chi connectivity index (χ0v) is 10.9. The van der Waals surface area contributed by atoms with Crippen LogP contribution in [-0.4, -0.2) is 24.4 Å². The summed E-state index contributed by atoms with van der Waals surface area (Å²) in [6, 6.07) is 6.67. The van der Waals surface area contributed by atoms with Gasteiger partial charge in [0, 0.05) is 25.3 Å². The SMILES string of the molecule is Fc1ccccc1CNC(=S)NC[C@@H]1CCCO1. The van der Waals surface area contributed by atoms with E-state index in [1.165, 1.54) is 6.07 Å². The zero-order chi connectivity index (χ0) is 12.8. The molecule has 0 saturated carbocycles. The molecule has 98 valence electrons. The molecule has 0 bridgehead atoms. The molecule has 0 aromatic heterocycles. The number of halogens is 1. The van der Waals surface area contributed by atoms with E-state index in [0.29, 0.717) is 23.8 Å². The summed E-state index contributed by atoms with van der Waals surface area (Å²) in [5, 5.41) is 6.61. The minimum atomic E-state index is -0.216. The number of hydrogen-bond donors (Lipinski definition) is 2. The predicted molar refractivity (Wildman–Crippen MR) is 72.8 cm³/mol. The molecule has 1 aliphatic heterocycles. The second-order valence-corrected chi connectivity index (χ2v) is 4.70. The fourth-order valence-corrected chi connectivity index (χ4v) is 2.05. The molecule has 3 nitrogen and oxygen atoms in total. The van der Waals surface area contributed by atoms with Crippen molar-refractivity contribution in [3.05, 3.63) is 35.6 Å². The van der Waals surface area contributed by atoms with Crippen molar-refractivity contribution < 1.29 is 9.13 Å². The average Bonchev–Trinajstić information content (AvgIpc) is 2.88. The Bertz CT molecular complexity index is 408. The van der Waals surface area contributed by atoms with Crippen LogP contribution in [0.1, 0.15) is 18.4 Å². The molecule has 1 aromatic carbocycles. The van der Waals surface area contributed by atoms with E-state index in [4.69, 9.17) is 17.0 Å². The second kappa shape index (κ2) is 6.66. The molecular weight excluding hydrogens is 251 g/mol. The molecule has 1 fully saturated rings. The van der Waals surface area contributed by atoms with E-state index in [-0.39, 0.29) is 11.9 Å². The molecule has 1 atom stereocenters. The standard InChI is InChI=1S/C13H17FN2OS/c14-12-6-2-1-4-10(12)8-15-13(18)16-9-11-5-3-7-17-11/h1-2,4,6,11H,3,5,7-9H2,(H2,15,16,18)/t11-/m0/s1.